The number of esters is 1. The molecule has 1 aromatic carbocycles. The number of carbonyl (C=O) groups excluding carboxylic acids is 4. The summed E-state index contributed by atoms with van der Waals surface area (Å²) in [5.74, 6) is -3.20. The van der Waals surface area contributed by atoms with Crippen molar-refractivity contribution >= 4 is 23.7 Å². The molecule has 11 nitrogen and oxygen atoms in total. The van der Waals surface area contributed by atoms with Crippen molar-refractivity contribution in [3.05, 3.63) is 61.2 Å². The van der Waals surface area contributed by atoms with E-state index in [-0.39, 0.29) is 49.9 Å². The Bertz CT molecular complexity index is 1320. The van der Waals surface area contributed by atoms with Crippen molar-refractivity contribution < 1.29 is 38.5 Å². The first-order valence-corrected chi connectivity index (χ1v) is 17.5. The van der Waals surface area contributed by atoms with Gasteiger partial charge >= 0.3 is 5.97 Å². The molecule has 3 heterocycles. The Hall–Kier alpha value is -3.54. The number of likely N-dealkylation sites (tertiary alicyclic amines) is 1. The molecule has 0 unspecified atom stereocenters. The van der Waals surface area contributed by atoms with E-state index >= 15 is 0 Å². The lowest BCUT2D eigenvalue weighted by Gasteiger charge is -2.40. The number of nitrogens with zero attached hydrogens (tertiary/aromatic N) is 2. The lowest BCUT2D eigenvalue weighted by atomic mass is 9.70. The van der Waals surface area contributed by atoms with Gasteiger partial charge in [0.2, 0.25) is 17.7 Å². The highest BCUT2D eigenvalue weighted by Gasteiger charge is 2.75. The molecule has 262 valence electrons. The molecule has 2 bridgehead atoms. The Labute approximate surface area is 283 Å². The Morgan fingerprint density at radius 3 is 2.56 bits per heavy atom. The second kappa shape index (κ2) is 16.2. The maximum Gasteiger partial charge on any atom is 0.313 e. The first-order chi connectivity index (χ1) is 23.3. The van der Waals surface area contributed by atoms with Gasteiger partial charge in [-0.05, 0) is 44.1 Å². The van der Waals surface area contributed by atoms with E-state index in [2.05, 4.69) is 18.5 Å². The minimum absolute atomic E-state index is 0.0416. The molecule has 5 rings (SSSR count). The highest BCUT2D eigenvalue weighted by atomic mass is 16.6. The van der Waals surface area contributed by atoms with Gasteiger partial charge in [-0.1, -0.05) is 61.7 Å². The maximum atomic E-state index is 14.6. The summed E-state index contributed by atoms with van der Waals surface area (Å²) in [6.45, 7) is 8.06. The molecule has 1 aromatic rings. The van der Waals surface area contributed by atoms with Gasteiger partial charge in [0, 0.05) is 39.3 Å². The normalized spacial score (nSPS) is 27.6. The van der Waals surface area contributed by atoms with Gasteiger partial charge in [0.25, 0.3) is 0 Å². The molecule has 0 radical (unpaired) electrons. The van der Waals surface area contributed by atoms with Crippen LogP contribution in [0.5, 0.6) is 0 Å². The molecule has 4 aliphatic rings. The van der Waals surface area contributed by atoms with Crippen molar-refractivity contribution in [3.63, 3.8) is 0 Å². The molecule has 1 saturated carbocycles. The number of aliphatic hydroxyl groups excluding tert-OH is 1. The van der Waals surface area contributed by atoms with E-state index in [1.165, 1.54) is 7.11 Å². The van der Waals surface area contributed by atoms with Crippen molar-refractivity contribution in [3.8, 4) is 0 Å². The summed E-state index contributed by atoms with van der Waals surface area (Å²) in [4.78, 5) is 59.6. The zero-order chi connectivity index (χ0) is 34.3. The van der Waals surface area contributed by atoms with E-state index < -0.39 is 47.7 Å². The predicted molar refractivity (Wildman–Crippen MR) is 178 cm³/mol. The van der Waals surface area contributed by atoms with Crippen LogP contribution in [0.25, 0.3) is 0 Å². The van der Waals surface area contributed by atoms with Crippen LogP contribution in [0.1, 0.15) is 75.9 Å². The van der Waals surface area contributed by atoms with Crippen molar-refractivity contribution in [1.29, 1.82) is 0 Å². The molecule has 4 fully saturated rings. The van der Waals surface area contributed by atoms with Gasteiger partial charge in [-0.25, -0.2) is 0 Å². The SMILES string of the molecule is C=CCCC(=O)N[C@H](COC)[C@H](OC(=O)[C@@H]1[C@H]2C(=O)N(CCCO)[C@H](C(=O)N(CC=C)C3CCCCC3)[C@]23CC[C@H]1O3)c1ccccc1. The van der Waals surface area contributed by atoms with Crippen LogP contribution in [0.3, 0.4) is 0 Å². The van der Waals surface area contributed by atoms with Gasteiger partial charge in [0.15, 0.2) is 0 Å². The summed E-state index contributed by atoms with van der Waals surface area (Å²) >= 11 is 0. The summed E-state index contributed by atoms with van der Waals surface area (Å²) in [6, 6.07) is 7.56. The third-order valence-corrected chi connectivity index (χ3v) is 10.5. The molecular formula is C37H51N3O8. The van der Waals surface area contributed by atoms with Crippen molar-refractivity contribution in [2.24, 2.45) is 11.8 Å². The molecule has 0 aromatic heterocycles. The number of hydrogen-bond acceptors (Lipinski definition) is 8. The van der Waals surface area contributed by atoms with Crippen molar-refractivity contribution in [2.75, 3.05) is 33.4 Å². The third-order valence-electron chi connectivity index (χ3n) is 10.5. The van der Waals surface area contributed by atoms with E-state index in [0.29, 0.717) is 37.8 Å². The number of carbonyl (C=O) groups is 4. The van der Waals surface area contributed by atoms with Crippen LogP contribution in [0.15, 0.2) is 55.6 Å². The van der Waals surface area contributed by atoms with Crippen molar-refractivity contribution in [2.45, 2.75) is 100 Å². The van der Waals surface area contributed by atoms with Crippen LogP contribution >= 0.6 is 0 Å². The lowest BCUT2D eigenvalue weighted by Crippen LogP contribution is -2.58. The Balaban J connectivity index is 1.46. The third kappa shape index (κ3) is 7.09. The van der Waals surface area contributed by atoms with Gasteiger partial charge in [-0.3, -0.25) is 19.2 Å². The number of ether oxygens (including phenoxy) is 3. The highest BCUT2D eigenvalue weighted by molar-refractivity contribution is 5.98. The van der Waals surface area contributed by atoms with Crippen LogP contribution in [0.4, 0.5) is 0 Å². The summed E-state index contributed by atoms with van der Waals surface area (Å²) in [7, 11) is 1.51. The Morgan fingerprint density at radius 2 is 1.90 bits per heavy atom. The van der Waals surface area contributed by atoms with Gasteiger partial charge in [-0.2, -0.15) is 0 Å². The number of nitrogens with one attached hydrogen (secondary N) is 1. The van der Waals surface area contributed by atoms with Gasteiger partial charge in [0.05, 0.1) is 30.6 Å². The first kappa shape index (κ1) is 35.8. The highest BCUT2D eigenvalue weighted by Crippen LogP contribution is 2.59. The lowest BCUT2D eigenvalue weighted by molar-refractivity contribution is -0.163. The van der Waals surface area contributed by atoms with Gasteiger partial charge < -0.3 is 34.4 Å². The first-order valence-electron chi connectivity index (χ1n) is 17.5. The minimum Gasteiger partial charge on any atom is -0.455 e. The number of methoxy groups -OCH3 is 1. The predicted octanol–water partition coefficient (Wildman–Crippen LogP) is 3.47. The van der Waals surface area contributed by atoms with E-state index in [4.69, 9.17) is 14.2 Å². The van der Waals surface area contributed by atoms with E-state index in [0.717, 1.165) is 32.1 Å². The quantitative estimate of drug-likeness (QED) is 0.191. The van der Waals surface area contributed by atoms with Gasteiger partial charge in [0.1, 0.15) is 17.7 Å². The number of aliphatic hydroxyl groups is 1. The monoisotopic (exact) mass is 665 g/mol. The smallest absolute Gasteiger partial charge is 0.313 e. The summed E-state index contributed by atoms with van der Waals surface area (Å²) in [6.07, 6.45) is 8.83. The average molecular weight is 666 g/mol. The fourth-order valence-corrected chi connectivity index (χ4v) is 8.42. The summed E-state index contributed by atoms with van der Waals surface area (Å²) in [5, 5.41) is 12.7. The molecule has 11 heteroatoms. The minimum atomic E-state index is -1.18. The summed E-state index contributed by atoms with van der Waals surface area (Å²) < 4.78 is 18.4. The largest absolute Gasteiger partial charge is 0.455 e. The topological polar surface area (TPSA) is 135 Å². The standard InChI is InChI=1S/C37H51N3O8/c1-4-6-18-29(42)38-27(24-46-3)32(25-14-9-7-10-15-25)47-36(45)30-28-19-20-37(48-28)31(30)34(43)40(22-13-23-41)33(37)35(44)39(21-5-2)26-16-11-8-12-17-26/h4-5,7,9-10,14-15,26-28,30-33,41H,1-2,6,8,11-13,16-24H2,3H3,(H,38,42)/t27-,28-,30+,31+,32-,33-,37+/m1/s1. The fourth-order valence-electron chi connectivity index (χ4n) is 8.42. The number of allylic oxidation sites excluding steroid dienone is 1. The van der Waals surface area contributed by atoms with Crippen LogP contribution in [0.2, 0.25) is 0 Å². The second-order valence-corrected chi connectivity index (χ2v) is 13.5. The van der Waals surface area contributed by atoms with E-state index in [1.807, 2.05) is 35.2 Å². The van der Waals surface area contributed by atoms with Crippen LogP contribution in [-0.2, 0) is 33.4 Å². The van der Waals surface area contributed by atoms with Crippen LogP contribution in [-0.4, -0.2) is 102 Å². The number of benzene rings is 1. The van der Waals surface area contributed by atoms with Crippen molar-refractivity contribution in [1.82, 2.24) is 15.1 Å². The van der Waals surface area contributed by atoms with E-state index in [9.17, 15) is 24.3 Å². The number of hydrogen-bond donors (Lipinski definition) is 2. The van der Waals surface area contributed by atoms with Crippen LogP contribution in [0, 0.1) is 11.8 Å². The molecule has 1 aliphatic carbocycles. The fraction of sp³-hybridized carbons (Fsp3) is 0.622. The molecule has 2 N–H and O–H groups in total. The molecule has 3 saturated heterocycles. The number of amides is 3. The van der Waals surface area contributed by atoms with Crippen LogP contribution < -0.4 is 5.32 Å². The Morgan fingerprint density at radius 1 is 1.15 bits per heavy atom. The molecule has 1 spiro atoms. The molecule has 7 atom stereocenters. The van der Waals surface area contributed by atoms with E-state index in [1.54, 1.807) is 17.1 Å². The zero-order valence-corrected chi connectivity index (χ0v) is 28.1. The summed E-state index contributed by atoms with van der Waals surface area (Å²) in [5.41, 5.74) is -0.516. The second-order valence-electron chi connectivity index (χ2n) is 13.5. The maximum absolute atomic E-state index is 14.6. The number of rotatable bonds is 17. The molecular weight excluding hydrogens is 614 g/mol. The molecule has 48 heavy (non-hydrogen) atoms. The molecule has 3 amide bonds. The van der Waals surface area contributed by atoms with Gasteiger partial charge in [-0.15, -0.1) is 13.2 Å². The number of fused-ring (bicyclic) bond motifs is 1. The zero-order valence-electron chi connectivity index (χ0n) is 28.1. The average Bonchev–Trinajstić information content (AvgIpc) is 3.75. The Kier molecular flexibility index (Phi) is 12.1. The molecule has 3 aliphatic heterocycles.